The lowest BCUT2D eigenvalue weighted by atomic mass is 9.84. The molecule has 0 radical (unpaired) electrons. The van der Waals surface area contributed by atoms with E-state index in [-0.39, 0.29) is 11.8 Å². The van der Waals surface area contributed by atoms with Crippen LogP contribution in [0.3, 0.4) is 0 Å². The number of halogens is 1. The number of hydrogen-bond acceptors (Lipinski definition) is 4. The van der Waals surface area contributed by atoms with Crippen molar-refractivity contribution >= 4 is 28.9 Å². The molecule has 1 atom stereocenters. The van der Waals surface area contributed by atoms with E-state index < -0.39 is 5.92 Å². The molecule has 0 saturated carbocycles. The lowest BCUT2D eigenvalue weighted by Crippen LogP contribution is -2.23. The van der Waals surface area contributed by atoms with Gasteiger partial charge in [-0.05, 0) is 36.6 Å². The molecule has 0 aliphatic heterocycles. The number of ketones is 1. The van der Waals surface area contributed by atoms with Crippen LogP contribution in [0.4, 0.5) is 0 Å². The Morgan fingerprint density at radius 3 is 2.95 bits per heavy atom. The van der Waals surface area contributed by atoms with Gasteiger partial charge in [0.2, 0.25) is 0 Å². The van der Waals surface area contributed by atoms with Crippen molar-refractivity contribution in [3.8, 4) is 0 Å². The van der Waals surface area contributed by atoms with Gasteiger partial charge < -0.3 is 4.74 Å². The van der Waals surface area contributed by atoms with Gasteiger partial charge in [-0.3, -0.25) is 9.59 Å². The molecule has 0 amide bonds. The molecule has 19 heavy (non-hydrogen) atoms. The number of esters is 1. The zero-order chi connectivity index (χ0) is 13.8. The Morgan fingerprint density at radius 2 is 2.32 bits per heavy atom. The quantitative estimate of drug-likeness (QED) is 0.630. The molecule has 0 aromatic carbocycles. The topological polar surface area (TPSA) is 56.3 Å². The Morgan fingerprint density at radius 1 is 1.53 bits per heavy atom. The molecular formula is C14H14ClNO3. The van der Waals surface area contributed by atoms with E-state index in [9.17, 15) is 9.59 Å². The molecule has 1 aliphatic carbocycles. The van der Waals surface area contributed by atoms with Crippen LogP contribution in [0, 0.1) is 5.92 Å². The highest BCUT2D eigenvalue weighted by atomic mass is 35.5. The van der Waals surface area contributed by atoms with Crippen molar-refractivity contribution in [2.24, 2.45) is 5.92 Å². The fourth-order valence-electron chi connectivity index (χ4n) is 2.11. The summed E-state index contributed by atoms with van der Waals surface area (Å²) in [5.41, 5.74) is 1.40. The van der Waals surface area contributed by atoms with Gasteiger partial charge in [-0.1, -0.05) is 17.7 Å². The van der Waals surface area contributed by atoms with Gasteiger partial charge in [-0.15, -0.1) is 0 Å². The zero-order valence-electron chi connectivity index (χ0n) is 10.6. The average molecular weight is 280 g/mol. The van der Waals surface area contributed by atoms with Crippen molar-refractivity contribution in [3.63, 3.8) is 0 Å². The molecule has 1 aromatic rings. The van der Waals surface area contributed by atoms with Gasteiger partial charge in [0.05, 0.1) is 12.5 Å². The van der Waals surface area contributed by atoms with E-state index in [0.717, 1.165) is 5.56 Å². The molecule has 0 spiro atoms. The minimum atomic E-state index is -0.402. The molecule has 1 aliphatic rings. The summed E-state index contributed by atoms with van der Waals surface area (Å²) in [7, 11) is 0. The predicted molar refractivity (Wildman–Crippen MR) is 71.6 cm³/mol. The van der Waals surface area contributed by atoms with Gasteiger partial charge in [0.25, 0.3) is 0 Å². The number of ether oxygens (including phenoxy) is 1. The van der Waals surface area contributed by atoms with E-state index in [4.69, 9.17) is 16.3 Å². The summed E-state index contributed by atoms with van der Waals surface area (Å²) in [5, 5.41) is 0.374. The summed E-state index contributed by atoms with van der Waals surface area (Å²) >= 11 is 5.74. The predicted octanol–water partition coefficient (Wildman–Crippen LogP) is 2.66. The smallest absolute Gasteiger partial charge is 0.313 e. The third-order valence-corrected chi connectivity index (χ3v) is 3.23. The Hall–Kier alpha value is -1.68. The number of nitrogens with zero attached hydrogens (tertiary/aromatic N) is 1. The summed E-state index contributed by atoms with van der Waals surface area (Å²) in [6.07, 6.45) is 3.93. The largest absolute Gasteiger partial charge is 0.466 e. The second-order valence-electron chi connectivity index (χ2n) is 4.28. The number of rotatable bonds is 3. The third kappa shape index (κ3) is 3.20. The molecule has 2 rings (SSSR count). The van der Waals surface area contributed by atoms with Gasteiger partial charge in [0.1, 0.15) is 5.15 Å². The maximum Gasteiger partial charge on any atom is 0.313 e. The normalized spacial score (nSPS) is 18.9. The molecule has 4 nitrogen and oxygen atoms in total. The zero-order valence-corrected chi connectivity index (χ0v) is 11.3. The van der Waals surface area contributed by atoms with E-state index in [0.29, 0.717) is 30.2 Å². The molecular weight excluding hydrogens is 266 g/mol. The van der Waals surface area contributed by atoms with Crippen molar-refractivity contribution in [1.29, 1.82) is 0 Å². The Bertz CT molecular complexity index is 522. The molecule has 0 saturated heterocycles. The summed E-state index contributed by atoms with van der Waals surface area (Å²) in [5.74, 6) is -0.678. The number of carbonyl (C=O) groups is 2. The molecule has 5 heteroatoms. The van der Waals surface area contributed by atoms with Crippen molar-refractivity contribution in [2.45, 2.75) is 19.8 Å². The van der Waals surface area contributed by atoms with Gasteiger partial charge >= 0.3 is 5.97 Å². The van der Waals surface area contributed by atoms with Crippen molar-refractivity contribution < 1.29 is 14.3 Å². The Labute approximate surface area is 116 Å². The fraction of sp³-hybridized carbons (Fsp3) is 0.357. The number of aromatic nitrogens is 1. The number of hydrogen-bond donors (Lipinski definition) is 0. The Balaban J connectivity index is 2.34. The number of pyridine rings is 1. The standard InChI is InChI=1S/C14H14ClNO3/c1-2-19-14(18)11-5-4-10(17)7-12(11)9-3-6-13(15)16-8-9/h3,6-8,11H,2,4-5H2,1H3. The van der Waals surface area contributed by atoms with Crippen LogP contribution in [-0.2, 0) is 14.3 Å². The van der Waals surface area contributed by atoms with Crippen LogP contribution < -0.4 is 0 Å². The second kappa shape index (κ2) is 5.97. The van der Waals surface area contributed by atoms with Gasteiger partial charge in [-0.2, -0.15) is 0 Å². The first kappa shape index (κ1) is 13.7. The monoisotopic (exact) mass is 279 g/mol. The molecule has 0 N–H and O–H groups in total. The van der Waals surface area contributed by atoms with Crippen LogP contribution in [0.15, 0.2) is 24.4 Å². The minimum absolute atomic E-state index is 0.0190. The lowest BCUT2D eigenvalue weighted by Gasteiger charge is -2.22. The highest BCUT2D eigenvalue weighted by molar-refractivity contribution is 6.29. The third-order valence-electron chi connectivity index (χ3n) is 3.00. The maximum absolute atomic E-state index is 11.9. The fourth-order valence-corrected chi connectivity index (χ4v) is 2.22. The summed E-state index contributed by atoms with van der Waals surface area (Å²) < 4.78 is 5.05. The van der Waals surface area contributed by atoms with Crippen LogP contribution in [0.2, 0.25) is 5.15 Å². The first-order valence-corrected chi connectivity index (χ1v) is 6.52. The van der Waals surface area contributed by atoms with Crippen LogP contribution in [-0.4, -0.2) is 23.3 Å². The van der Waals surface area contributed by atoms with E-state index in [1.165, 1.54) is 6.08 Å². The first-order chi connectivity index (χ1) is 9.11. The molecule has 0 fully saturated rings. The van der Waals surface area contributed by atoms with Crippen LogP contribution in [0.25, 0.3) is 5.57 Å². The van der Waals surface area contributed by atoms with Crippen LogP contribution >= 0.6 is 11.6 Å². The summed E-state index contributed by atoms with van der Waals surface area (Å²) in [6, 6.07) is 3.39. The molecule has 100 valence electrons. The lowest BCUT2D eigenvalue weighted by molar-refractivity contribution is -0.146. The SMILES string of the molecule is CCOC(=O)C1CCC(=O)C=C1c1ccc(Cl)nc1. The van der Waals surface area contributed by atoms with Crippen LogP contribution in [0.5, 0.6) is 0 Å². The number of allylic oxidation sites excluding steroid dienone is 1. The van der Waals surface area contributed by atoms with E-state index in [1.807, 2.05) is 0 Å². The highest BCUT2D eigenvalue weighted by Gasteiger charge is 2.29. The summed E-state index contributed by atoms with van der Waals surface area (Å²) in [6.45, 7) is 2.09. The highest BCUT2D eigenvalue weighted by Crippen LogP contribution is 2.32. The van der Waals surface area contributed by atoms with E-state index in [2.05, 4.69) is 4.98 Å². The molecule has 1 aromatic heterocycles. The Kier molecular flexibility index (Phi) is 4.32. The number of carbonyl (C=O) groups excluding carboxylic acids is 2. The van der Waals surface area contributed by atoms with E-state index in [1.54, 1.807) is 25.3 Å². The maximum atomic E-state index is 11.9. The van der Waals surface area contributed by atoms with Crippen molar-refractivity contribution in [1.82, 2.24) is 4.98 Å². The van der Waals surface area contributed by atoms with E-state index >= 15 is 0 Å². The van der Waals surface area contributed by atoms with Gasteiger partial charge in [0, 0.05) is 12.6 Å². The molecule has 0 bridgehead atoms. The first-order valence-electron chi connectivity index (χ1n) is 6.14. The molecule has 1 heterocycles. The summed E-state index contributed by atoms with van der Waals surface area (Å²) in [4.78, 5) is 27.5. The minimum Gasteiger partial charge on any atom is -0.466 e. The van der Waals surface area contributed by atoms with Crippen molar-refractivity contribution in [2.75, 3.05) is 6.61 Å². The average Bonchev–Trinajstić information content (AvgIpc) is 2.39. The second-order valence-corrected chi connectivity index (χ2v) is 4.67. The van der Waals surface area contributed by atoms with Gasteiger partial charge in [-0.25, -0.2) is 4.98 Å². The van der Waals surface area contributed by atoms with Gasteiger partial charge in [0.15, 0.2) is 5.78 Å². The van der Waals surface area contributed by atoms with Crippen molar-refractivity contribution in [3.05, 3.63) is 35.1 Å². The molecule has 1 unspecified atom stereocenters. The van der Waals surface area contributed by atoms with Crippen LogP contribution in [0.1, 0.15) is 25.3 Å².